The minimum Gasteiger partial charge on any atom is -0.465 e. The van der Waals surface area contributed by atoms with E-state index in [4.69, 9.17) is 4.74 Å². The lowest BCUT2D eigenvalue weighted by atomic mass is 9.76. The van der Waals surface area contributed by atoms with E-state index in [9.17, 15) is 4.79 Å². The zero-order valence-corrected chi connectivity index (χ0v) is 10.7. The van der Waals surface area contributed by atoms with Crippen LogP contribution < -0.4 is 5.32 Å². The van der Waals surface area contributed by atoms with Crippen molar-refractivity contribution in [3.05, 3.63) is 12.2 Å². The number of rotatable bonds is 4. The van der Waals surface area contributed by atoms with Crippen LogP contribution >= 0.6 is 0 Å². The molecule has 0 aromatic heterocycles. The maximum atomic E-state index is 11.9. The van der Waals surface area contributed by atoms with Gasteiger partial charge in [0, 0.05) is 12.1 Å². The van der Waals surface area contributed by atoms with Crippen LogP contribution in [0, 0.1) is 5.92 Å². The first-order valence-corrected chi connectivity index (χ1v) is 6.85. The molecule has 1 saturated carbocycles. The summed E-state index contributed by atoms with van der Waals surface area (Å²) in [5.41, 5.74) is 0.0900. The average molecular weight is 237 g/mol. The Morgan fingerprint density at radius 1 is 1.59 bits per heavy atom. The SMILES string of the molecule is CCCCOC(=O)C1CCC[C@]2(C=CCN2)C1. The van der Waals surface area contributed by atoms with Gasteiger partial charge in [-0.05, 0) is 25.7 Å². The summed E-state index contributed by atoms with van der Waals surface area (Å²) in [4.78, 5) is 11.9. The van der Waals surface area contributed by atoms with Crippen LogP contribution in [-0.2, 0) is 9.53 Å². The van der Waals surface area contributed by atoms with Gasteiger partial charge in [-0.1, -0.05) is 31.9 Å². The third kappa shape index (κ3) is 3.09. The summed E-state index contributed by atoms with van der Waals surface area (Å²) in [6.45, 7) is 3.64. The van der Waals surface area contributed by atoms with Gasteiger partial charge in [0.25, 0.3) is 0 Å². The summed E-state index contributed by atoms with van der Waals surface area (Å²) in [5, 5.41) is 3.51. The molecule has 1 N–H and O–H groups in total. The second-order valence-electron chi connectivity index (χ2n) is 5.25. The van der Waals surface area contributed by atoms with Gasteiger partial charge < -0.3 is 10.1 Å². The van der Waals surface area contributed by atoms with Crippen molar-refractivity contribution in [3.63, 3.8) is 0 Å². The predicted octanol–water partition coefficient (Wildman–Crippen LogP) is 2.42. The van der Waals surface area contributed by atoms with Crippen molar-refractivity contribution in [2.24, 2.45) is 5.92 Å². The fourth-order valence-electron chi connectivity index (χ4n) is 2.86. The van der Waals surface area contributed by atoms with Crippen molar-refractivity contribution in [2.75, 3.05) is 13.2 Å². The molecule has 0 amide bonds. The van der Waals surface area contributed by atoms with Crippen molar-refractivity contribution in [1.82, 2.24) is 5.32 Å². The number of carbonyl (C=O) groups excluding carboxylic acids is 1. The van der Waals surface area contributed by atoms with Crippen LogP contribution in [0.2, 0.25) is 0 Å². The monoisotopic (exact) mass is 237 g/mol. The molecule has 1 aliphatic heterocycles. The highest BCUT2D eigenvalue weighted by Crippen LogP contribution is 2.35. The molecule has 2 rings (SSSR count). The molecule has 0 radical (unpaired) electrons. The molecule has 0 aromatic carbocycles. The summed E-state index contributed by atoms with van der Waals surface area (Å²) in [7, 11) is 0. The molecule has 1 fully saturated rings. The normalized spacial score (nSPS) is 31.9. The van der Waals surface area contributed by atoms with Gasteiger partial charge in [0.05, 0.1) is 12.5 Å². The van der Waals surface area contributed by atoms with Crippen molar-refractivity contribution < 1.29 is 9.53 Å². The Bertz CT molecular complexity index is 301. The van der Waals surface area contributed by atoms with E-state index in [2.05, 4.69) is 24.4 Å². The highest BCUT2D eigenvalue weighted by molar-refractivity contribution is 5.72. The highest BCUT2D eigenvalue weighted by Gasteiger charge is 2.38. The fourth-order valence-corrected chi connectivity index (χ4v) is 2.86. The van der Waals surface area contributed by atoms with Gasteiger partial charge in [-0.25, -0.2) is 0 Å². The maximum Gasteiger partial charge on any atom is 0.309 e. The minimum absolute atomic E-state index is 0.0135. The Balaban J connectivity index is 1.84. The second kappa shape index (κ2) is 5.67. The molecule has 3 heteroatoms. The van der Waals surface area contributed by atoms with Crippen LogP contribution in [0.4, 0.5) is 0 Å². The Morgan fingerprint density at radius 2 is 2.47 bits per heavy atom. The topological polar surface area (TPSA) is 38.3 Å². The highest BCUT2D eigenvalue weighted by atomic mass is 16.5. The van der Waals surface area contributed by atoms with Gasteiger partial charge in [-0.2, -0.15) is 0 Å². The van der Waals surface area contributed by atoms with Crippen molar-refractivity contribution in [3.8, 4) is 0 Å². The van der Waals surface area contributed by atoms with Gasteiger partial charge >= 0.3 is 5.97 Å². The van der Waals surface area contributed by atoms with Crippen LogP contribution in [0.5, 0.6) is 0 Å². The molecule has 0 aromatic rings. The summed E-state index contributed by atoms with van der Waals surface area (Å²) in [6.07, 6.45) is 10.6. The van der Waals surface area contributed by atoms with Crippen molar-refractivity contribution >= 4 is 5.97 Å². The standard InChI is InChI=1S/C14H23NO2/c1-2-3-10-17-13(16)12-6-4-7-14(11-12)8-5-9-15-14/h5,8,12,15H,2-4,6-7,9-11H2,1H3/t12?,14-/m0/s1. The van der Waals surface area contributed by atoms with Crippen LogP contribution in [0.25, 0.3) is 0 Å². The van der Waals surface area contributed by atoms with E-state index >= 15 is 0 Å². The van der Waals surface area contributed by atoms with E-state index in [1.54, 1.807) is 0 Å². The summed E-state index contributed by atoms with van der Waals surface area (Å²) >= 11 is 0. The molecule has 1 spiro atoms. The van der Waals surface area contributed by atoms with E-state index in [1.165, 1.54) is 0 Å². The molecule has 0 saturated heterocycles. The Hall–Kier alpha value is -0.830. The van der Waals surface area contributed by atoms with Gasteiger partial charge in [-0.15, -0.1) is 0 Å². The fraction of sp³-hybridized carbons (Fsp3) is 0.786. The first kappa shape index (κ1) is 12.6. The van der Waals surface area contributed by atoms with Gasteiger partial charge in [0.2, 0.25) is 0 Å². The molecule has 1 aliphatic carbocycles. The smallest absolute Gasteiger partial charge is 0.309 e. The molecule has 17 heavy (non-hydrogen) atoms. The lowest BCUT2D eigenvalue weighted by Gasteiger charge is -2.36. The molecule has 2 aliphatic rings. The minimum atomic E-state index is 0.0135. The number of nitrogens with one attached hydrogen (secondary N) is 1. The molecule has 96 valence electrons. The average Bonchev–Trinajstić information content (AvgIpc) is 2.77. The molecule has 1 heterocycles. The molecule has 1 unspecified atom stereocenters. The quantitative estimate of drug-likeness (QED) is 0.463. The number of ether oxygens (including phenoxy) is 1. The number of esters is 1. The maximum absolute atomic E-state index is 11.9. The Kier molecular flexibility index (Phi) is 4.21. The first-order chi connectivity index (χ1) is 8.26. The zero-order chi connectivity index (χ0) is 12.1. The van der Waals surface area contributed by atoms with Crippen LogP contribution in [0.1, 0.15) is 45.4 Å². The van der Waals surface area contributed by atoms with E-state index in [0.717, 1.165) is 45.1 Å². The van der Waals surface area contributed by atoms with Crippen LogP contribution in [-0.4, -0.2) is 24.7 Å². The van der Waals surface area contributed by atoms with Crippen LogP contribution in [0.15, 0.2) is 12.2 Å². The lowest BCUT2D eigenvalue weighted by Crippen LogP contribution is -2.45. The van der Waals surface area contributed by atoms with Crippen LogP contribution in [0.3, 0.4) is 0 Å². The Labute approximate surface area is 104 Å². The third-order valence-electron chi connectivity index (χ3n) is 3.87. The molecule has 3 nitrogen and oxygen atoms in total. The lowest BCUT2D eigenvalue weighted by molar-refractivity contribution is -0.150. The molecule has 2 atom stereocenters. The molecule has 0 bridgehead atoms. The number of hydrogen-bond acceptors (Lipinski definition) is 3. The second-order valence-corrected chi connectivity index (χ2v) is 5.25. The summed E-state index contributed by atoms with van der Waals surface area (Å²) < 4.78 is 5.33. The van der Waals surface area contributed by atoms with Crippen molar-refractivity contribution in [1.29, 1.82) is 0 Å². The Morgan fingerprint density at radius 3 is 3.18 bits per heavy atom. The van der Waals surface area contributed by atoms with Gasteiger partial charge in [0.15, 0.2) is 0 Å². The number of hydrogen-bond donors (Lipinski definition) is 1. The third-order valence-corrected chi connectivity index (χ3v) is 3.87. The predicted molar refractivity (Wildman–Crippen MR) is 67.7 cm³/mol. The van der Waals surface area contributed by atoms with Gasteiger partial charge in [0.1, 0.15) is 0 Å². The van der Waals surface area contributed by atoms with E-state index in [0.29, 0.717) is 6.61 Å². The largest absolute Gasteiger partial charge is 0.465 e. The molecular weight excluding hydrogens is 214 g/mol. The summed E-state index contributed by atoms with van der Waals surface area (Å²) in [6, 6.07) is 0. The number of unbranched alkanes of at least 4 members (excludes halogenated alkanes) is 1. The zero-order valence-electron chi connectivity index (χ0n) is 10.7. The number of carbonyl (C=O) groups is 1. The van der Waals surface area contributed by atoms with E-state index in [1.807, 2.05) is 0 Å². The van der Waals surface area contributed by atoms with Gasteiger partial charge in [-0.3, -0.25) is 4.79 Å². The molecular formula is C14H23NO2. The first-order valence-electron chi connectivity index (χ1n) is 6.85. The summed E-state index contributed by atoms with van der Waals surface area (Å²) in [5.74, 6) is 0.107. The van der Waals surface area contributed by atoms with E-state index in [-0.39, 0.29) is 17.4 Å². The van der Waals surface area contributed by atoms with Crippen molar-refractivity contribution in [2.45, 2.75) is 51.0 Å². The van der Waals surface area contributed by atoms with E-state index < -0.39 is 0 Å².